The minimum absolute atomic E-state index is 0.0296. The van der Waals surface area contributed by atoms with E-state index in [9.17, 15) is 9.59 Å². The summed E-state index contributed by atoms with van der Waals surface area (Å²) in [5.74, 6) is 1.87. The van der Waals surface area contributed by atoms with Crippen LogP contribution in [0.2, 0.25) is 0 Å². The minimum atomic E-state index is -0.412. The summed E-state index contributed by atoms with van der Waals surface area (Å²) in [6.45, 7) is 5.95. The van der Waals surface area contributed by atoms with Crippen LogP contribution in [0.15, 0.2) is 4.52 Å². The first-order chi connectivity index (χ1) is 12.5. The first kappa shape index (κ1) is 18.7. The van der Waals surface area contributed by atoms with Gasteiger partial charge >= 0.3 is 6.09 Å². The summed E-state index contributed by atoms with van der Waals surface area (Å²) < 4.78 is 10.2. The molecule has 144 valence electrons. The number of carbonyl (C=O) groups is 2. The second kappa shape index (κ2) is 8.05. The number of aromatic nitrogens is 2. The minimum Gasteiger partial charge on any atom is -0.453 e. The average Bonchev–Trinajstić information content (AvgIpc) is 3.17. The van der Waals surface area contributed by atoms with Gasteiger partial charge in [-0.3, -0.25) is 9.69 Å². The number of amides is 2. The highest BCUT2D eigenvalue weighted by molar-refractivity contribution is 5.86. The maximum atomic E-state index is 12.9. The summed E-state index contributed by atoms with van der Waals surface area (Å²) >= 11 is 0. The van der Waals surface area contributed by atoms with Crippen LogP contribution in [0.25, 0.3) is 0 Å². The van der Waals surface area contributed by atoms with Crippen molar-refractivity contribution in [3.63, 3.8) is 0 Å². The van der Waals surface area contributed by atoms with Gasteiger partial charge in [-0.15, -0.1) is 0 Å². The van der Waals surface area contributed by atoms with E-state index in [0.717, 1.165) is 31.5 Å². The molecular formula is C18H28N4O4. The highest BCUT2D eigenvalue weighted by Gasteiger charge is 2.37. The molecule has 0 saturated carbocycles. The van der Waals surface area contributed by atoms with Crippen molar-refractivity contribution in [1.29, 1.82) is 0 Å². The molecule has 2 saturated heterocycles. The Bertz CT molecular complexity index is 637. The molecule has 0 aromatic carbocycles. The van der Waals surface area contributed by atoms with E-state index in [1.807, 2.05) is 18.7 Å². The van der Waals surface area contributed by atoms with Crippen molar-refractivity contribution >= 4 is 12.0 Å². The molecule has 8 nitrogen and oxygen atoms in total. The molecule has 1 atom stereocenters. The third-order valence-electron chi connectivity index (χ3n) is 5.33. The van der Waals surface area contributed by atoms with Gasteiger partial charge in [0.2, 0.25) is 11.8 Å². The van der Waals surface area contributed by atoms with E-state index >= 15 is 0 Å². The van der Waals surface area contributed by atoms with Crippen LogP contribution in [0.5, 0.6) is 0 Å². The summed E-state index contributed by atoms with van der Waals surface area (Å²) in [4.78, 5) is 32.8. The summed E-state index contributed by atoms with van der Waals surface area (Å²) in [6, 6.07) is -0.399. The third kappa shape index (κ3) is 3.83. The van der Waals surface area contributed by atoms with Gasteiger partial charge in [-0.2, -0.15) is 4.98 Å². The summed E-state index contributed by atoms with van der Waals surface area (Å²) in [6.07, 6.45) is 3.77. The van der Waals surface area contributed by atoms with Crippen LogP contribution in [0.3, 0.4) is 0 Å². The third-order valence-corrected chi connectivity index (χ3v) is 5.33. The second-order valence-corrected chi connectivity index (χ2v) is 7.42. The molecule has 2 fully saturated rings. The number of methoxy groups -OCH3 is 1. The van der Waals surface area contributed by atoms with Gasteiger partial charge in [0.05, 0.1) is 7.11 Å². The highest BCUT2D eigenvalue weighted by atomic mass is 16.5. The zero-order chi connectivity index (χ0) is 18.7. The van der Waals surface area contributed by atoms with Gasteiger partial charge in [0, 0.05) is 31.5 Å². The molecule has 1 unspecified atom stereocenters. The van der Waals surface area contributed by atoms with Crippen LogP contribution in [-0.2, 0) is 9.53 Å². The van der Waals surface area contributed by atoms with Crippen LogP contribution >= 0.6 is 0 Å². The maximum absolute atomic E-state index is 12.9. The molecule has 1 aromatic heterocycles. The molecular weight excluding hydrogens is 336 g/mol. The SMILES string of the molecule is COC(=O)N1CCCCC1C(=O)N1CCC(c2nc(C(C)C)no2)CC1. The van der Waals surface area contributed by atoms with Crippen molar-refractivity contribution in [1.82, 2.24) is 19.9 Å². The number of rotatable bonds is 3. The molecule has 0 N–H and O–H groups in total. The van der Waals surface area contributed by atoms with Gasteiger partial charge in [0.25, 0.3) is 0 Å². The van der Waals surface area contributed by atoms with Gasteiger partial charge in [0.1, 0.15) is 6.04 Å². The molecule has 1 aromatic rings. The van der Waals surface area contributed by atoms with E-state index in [1.54, 1.807) is 4.90 Å². The smallest absolute Gasteiger partial charge is 0.410 e. The summed E-state index contributed by atoms with van der Waals surface area (Å²) in [5.41, 5.74) is 0. The van der Waals surface area contributed by atoms with E-state index < -0.39 is 12.1 Å². The zero-order valence-electron chi connectivity index (χ0n) is 15.8. The molecule has 2 aliphatic rings. The lowest BCUT2D eigenvalue weighted by molar-refractivity contribution is -0.138. The standard InChI is InChI=1S/C18H28N4O4/c1-12(2)15-19-16(26-20-15)13-7-10-21(11-8-13)17(23)14-6-4-5-9-22(14)18(24)25-3/h12-14H,4-11H2,1-3H3. The Hall–Kier alpha value is -2.12. The van der Waals surface area contributed by atoms with Gasteiger partial charge in [-0.25, -0.2) is 4.79 Å². The number of hydrogen-bond acceptors (Lipinski definition) is 6. The van der Waals surface area contributed by atoms with E-state index in [-0.39, 0.29) is 17.7 Å². The van der Waals surface area contributed by atoms with E-state index in [2.05, 4.69) is 10.1 Å². The van der Waals surface area contributed by atoms with Gasteiger partial charge < -0.3 is 14.2 Å². The number of hydrogen-bond donors (Lipinski definition) is 0. The molecule has 3 rings (SSSR count). The topological polar surface area (TPSA) is 88.8 Å². The van der Waals surface area contributed by atoms with E-state index in [1.165, 1.54) is 7.11 Å². The monoisotopic (exact) mass is 364 g/mol. The Kier molecular flexibility index (Phi) is 5.78. The van der Waals surface area contributed by atoms with Crippen LogP contribution in [0.4, 0.5) is 4.79 Å². The van der Waals surface area contributed by atoms with Crippen molar-refractivity contribution in [3.8, 4) is 0 Å². The first-order valence-electron chi connectivity index (χ1n) is 9.48. The van der Waals surface area contributed by atoms with Gasteiger partial charge in [-0.1, -0.05) is 19.0 Å². The Morgan fingerprint density at radius 1 is 1.15 bits per heavy atom. The van der Waals surface area contributed by atoms with E-state index in [4.69, 9.17) is 9.26 Å². The van der Waals surface area contributed by atoms with Crippen molar-refractivity contribution < 1.29 is 18.8 Å². The second-order valence-electron chi connectivity index (χ2n) is 7.42. The predicted octanol–water partition coefficient (Wildman–Crippen LogP) is 2.52. The maximum Gasteiger partial charge on any atom is 0.410 e. The normalized spacial score (nSPS) is 21.9. The van der Waals surface area contributed by atoms with Crippen LogP contribution < -0.4 is 0 Å². The fourth-order valence-electron chi connectivity index (χ4n) is 3.73. The Morgan fingerprint density at radius 2 is 1.88 bits per heavy atom. The Balaban J connectivity index is 1.59. The van der Waals surface area contributed by atoms with Gasteiger partial charge in [-0.05, 0) is 32.1 Å². The quantitative estimate of drug-likeness (QED) is 0.819. The average molecular weight is 364 g/mol. The molecule has 2 aliphatic heterocycles. The summed E-state index contributed by atoms with van der Waals surface area (Å²) in [7, 11) is 1.36. The van der Waals surface area contributed by atoms with Crippen molar-refractivity contribution in [2.45, 2.75) is 63.8 Å². The molecule has 0 spiro atoms. The van der Waals surface area contributed by atoms with E-state index in [0.29, 0.717) is 31.9 Å². The molecule has 0 bridgehead atoms. The highest BCUT2D eigenvalue weighted by Crippen LogP contribution is 2.29. The molecule has 2 amide bonds. The van der Waals surface area contributed by atoms with Crippen molar-refractivity contribution in [2.75, 3.05) is 26.7 Å². The lowest BCUT2D eigenvalue weighted by atomic mass is 9.95. The molecule has 8 heteroatoms. The molecule has 0 aliphatic carbocycles. The lowest BCUT2D eigenvalue weighted by Gasteiger charge is -2.38. The fourth-order valence-corrected chi connectivity index (χ4v) is 3.73. The number of likely N-dealkylation sites (tertiary alicyclic amines) is 2. The molecule has 3 heterocycles. The number of nitrogens with zero attached hydrogens (tertiary/aromatic N) is 4. The zero-order valence-corrected chi connectivity index (χ0v) is 15.8. The Labute approximate surface area is 153 Å². The number of carbonyl (C=O) groups excluding carboxylic acids is 2. The van der Waals surface area contributed by atoms with Crippen LogP contribution in [0.1, 0.15) is 69.5 Å². The largest absolute Gasteiger partial charge is 0.453 e. The van der Waals surface area contributed by atoms with Crippen LogP contribution in [-0.4, -0.2) is 64.7 Å². The van der Waals surface area contributed by atoms with Crippen molar-refractivity contribution in [3.05, 3.63) is 11.7 Å². The predicted molar refractivity (Wildman–Crippen MR) is 93.7 cm³/mol. The number of piperidine rings is 2. The summed E-state index contributed by atoms with van der Waals surface area (Å²) in [5, 5.41) is 4.03. The molecule has 0 radical (unpaired) electrons. The van der Waals surface area contributed by atoms with Gasteiger partial charge in [0.15, 0.2) is 5.82 Å². The lowest BCUT2D eigenvalue weighted by Crippen LogP contribution is -2.54. The molecule has 26 heavy (non-hydrogen) atoms. The number of ether oxygens (including phenoxy) is 1. The Morgan fingerprint density at radius 3 is 2.50 bits per heavy atom. The van der Waals surface area contributed by atoms with Crippen LogP contribution in [0, 0.1) is 0 Å². The fraction of sp³-hybridized carbons (Fsp3) is 0.778. The van der Waals surface area contributed by atoms with Crippen molar-refractivity contribution in [2.24, 2.45) is 0 Å². The first-order valence-corrected chi connectivity index (χ1v) is 9.48.